The summed E-state index contributed by atoms with van der Waals surface area (Å²) >= 11 is 0. The zero-order chi connectivity index (χ0) is 12.5. The van der Waals surface area contributed by atoms with Crippen LogP contribution in [0, 0.1) is 0 Å². The molecule has 5 nitrogen and oxygen atoms in total. The molecule has 1 N–H and O–H groups in total. The van der Waals surface area contributed by atoms with Crippen molar-refractivity contribution in [2.45, 2.75) is 39.3 Å². The van der Waals surface area contributed by atoms with E-state index in [4.69, 9.17) is 0 Å². The van der Waals surface area contributed by atoms with Crippen LogP contribution in [0.2, 0.25) is 0 Å². The van der Waals surface area contributed by atoms with Crippen LogP contribution in [0.4, 0.5) is 0 Å². The highest BCUT2D eigenvalue weighted by molar-refractivity contribution is 6.15. The number of nitrogens with one attached hydrogen (secondary N) is 1. The van der Waals surface area contributed by atoms with Crippen LogP contribution < -0.4 is 5.32 Å². The van der Waals surface area contributed by atoms with Gasteiger partial charge in [-0.3, -0.25) is 19.3 Å². The van der Waals surface area contributed by atoms with Crippen molar-refractivity contribution in [3.8, 4) is 0 Å². The quantitative estimate of drug-likeness (QED) is 0.550. The Morgan fingerprint density at radius 2 is 1.94 bits per heavy atom. The minimum absolute atomic E-state index is 0.0120. The zero-order valence-electron chi connectivity index (χ0n) is 9.74. The first kappa shape index (κ1) is 12.4. The molecule has 1 fully saturated rings. The third-order valence-corrected chi connectivity index (χ3v) is 2.35. The maximum absolute atomic E-state index is 11.7. The van der Waals surface area contributed by atoms with Crippen LogP contribution in [0.3, 0.4) is 0 Å². The molecule has 5 heteroatoms. The number of likely N-dealkylation sites (tertiary alicyclic amines) is 1. The van der Waals surface area contributed by atoms with Gasteiger partial charge in [-0.05, 0) is 20.8 Å². The van der Waals surface area contributed by atoms with Gasteiger partial charge in [-0.25, -0.2) is 0 Å². The molecule has 0 radical (unpaired) electrons. The molecule has 1 unspecified atom stereocenters. The van der Waals surface area contributed by atoms with Crippen molar-refractivity contribution < 1.29 is 14.4 Å². The van der Waals surface area contributed by atoms with Crippen LogP contribution in [0.5, 0.6) is 0 Å². The fourth-order valence-corrected chi connectivity index (χ4v) is 1.54. The monoisotopic (exact) mass is 224 g/mol. The second kappa shape index (κ2) is 4.47. The molecule has 0 aromatic carbocycles. The number of amides is 3. The molecular formula is C11H16N2O3. The topological polar surface area (TPSA) is 66.5 Å². The third-order valence-electron chi connectivity index (χ3n) is 2.35. The van der Waals surface area contributed by atoms with Crippen LogP contribution in [-0.2, 0) is 14.4 Å². The normalized spacial score (nSPS) is 18.2. The molecule has 3 amide bonds. The van der Waals surface area contributed by atoms with E-state index in [2.05, 4.69) is 11.9 Å². The summed E-state index contributed by atoms with van der Waals surface area (Å²) < 4.78 is 0. The van der Waals surface area contributed by atoms with E-state index in [1.165, 1.54) is 6.92 Å². The number of imide groups is 1. The first-order chi connectivity index (χ1) is 7.34. The smallest absolute Gasteiger partial charge is 0.257 e. The van der Waals surface area contributed by atoms with Gasteiger partial charge in [0.05, 0.1) is 6.42 Å². The molecule has 1 aliphatic heterocycles. The summed E-state index contributed by atoms with van der Waals surface area (Å²) in [6.07, 6.45) is 0.0120. The Labute approximate surface area is 94.5 Å². The van der Waals surface area contributed by atoms with Gasteiger partial charge >= 0.3 is 0 Å². The molecular weight excluding hydrogens is 208 g/mol. The van der Waals surface area contributed by atoms with Gasteiger partial charge < -0.3 is 5.32 Å². The molecule has 1 heterocycles. The lowest BCUT2D eigenvalue weighted by molar-refractivity contribution is -0.145. The Morgan fingerprint density at radius 1 is 1.38 bits per heavy atom. The highest BCUT2D eigenvalue weighted by Gasteiger charge is 2.38. The summed E-state index contributed by atoms with van der Waals surface area (Å²) in [5, 5.41) is 2.66. The maximum atomic E-state index is 11.7. The van der Waals surface area contributed by atoms with Crippen molar-refractivity contribution in [3.05, 3.63) is 12.2 Å². The number of hydrogen-bond donors (Lipinski definition) is 1. The highest BCUT2D eigenvalue weighted by atomic mass is 16.2. The Hall–Kier alpha value is -1.65. The van der Waals surface area contributed by atoms with Crippen molar-refractivity contribution in [2.75, 3.05) is 0 Å². The minimum Gasteiger partial charge on any atom is -0.352 e. The molecule has 0 bridgehead atoms. The summed E-state index contributed by atoms with van der Waals surface area (Å²) in [7, 11) is 0. The molecule has 88 valence electrons. The summed E-state index contributed by atoms with van der Waals surface area (Å²) in [5.74, 6) is -1.13. The minimum atomic E-state index is -0.776. The van der Waals surface area contributed by atoms with Crippen molar-refractivity contribution in [1.82, 2.24) is 10.2 Å². The summed E-state index contributed by atoms with van der Waals surface area (Å²) in [6.45, 7) is 8.66. The van der Waals surface area contributed by atoms with Crippen molar-refractivity contribution in [3.63, 3.8) is 0 Å². The van der Waals surface area contributed by atoms with Gasteiger partial charge in [0, 0.05) is 11.6 Å². The van der Waals surface area contributed by atoms with Gasteiger partial charge in [-0.1, -0.05) is 6.58 Å². The number of carbonyl (C=O) groups excluding carboxylic acids is 3. The second-order valence-corrected chi connectivity index (χ2v) is 4.19. The fourth-order valence-electron chi connectivity index (χ4n) is 1.54. The largest absolute Gasteiger partial charge is 0.352 e. The van der Waals surface area contributed by atoms with E-state index in [1.54, 1.807) is 0 Å². The first-order valence-electron chi connectivity index (χ1n) is 5.19. The molecule has 0 saturated carbocycles. The lowest BCUT2D eigenvalue weighted by Crippen LogP contribution is -2.49. The van der Waals surface area contributed by atoms with E-state index in [0.717, 1.165) is 4.90 Å². The lowest BCUT2D eigenvalue weighted by atomic mass is 10.2. The Morgan fingerprint density at radius 3 is 2.31 bits per heavy atom. The number of rotatable bonds is 3. The molecule has 1 aliphatic rings. The third kappa shape index (κ3) is 2.29. The molecule has 16 heavy (non-hydrogen) atoms. The van der Waals surface area contributed by atoms with E-state index in [9.17, 15) is 14.4 Å². The Kier molecular flexibility index (Phi) is 3.47. The molecule has 1 rings (SSSR count). The van der Waals surface area contributed by atoms with Crippen LogP contribution in [-0.4, -0.2) is 34.7 Å². The second-order valence-electron chi connectivity index (χ2n) is 4.19. The van der Waals surface area contributed by atoms with Gasteiger partial charge in [0.25, 0.3) is 5.91 Å². The van der Waals surface area contributed by atoms with E-state index >= 15 is 0 Å². The molecule has 0 aliphatic carbocycles. The van der Waals surface area contributed by atoms with Crippen molar-refractivity contribution in [1.29, 1.82) is 0 Å². The number of hydrogen-bond acceptors (Lipinski definition) is 3. The van der Waals surface area contributed by atoms with E-state index < -0.39 is 11.9 Å². The Balaban J connectivity index is 2.77. The average Bonchev–Trinajstić information content (AvgIpc) is 2.39. The van der Waals surface area contributed by atoms with Crippen LogP contribution >= 0.6 is 0 Å². The van der Waals surface area contributed by atoms with Crippen LogP contribution in [0.15, 0.2) is 12.2 Å². The molecule has 0 aromatic rings. The summed E-state index contributed by atoms with van der Waals surface area (Å²) in [6, 6.07) is -0.799. The number of carbonyl (C=O) groups is 3. The maximum Gasteiger partial charge on any atom is 0.257 e. The molecule has 0 spiro atoms. The lowest BCUT2D eigenvalue weighted by Gasteiger charge is -2.22. The summed E-state index contributed by atoms with van der Waals surface area (Å²) in [4.78, 5) is 35.7. The van der Waals surface area contributed by atoms with Crippen molar-refractivity contribution in [2.24, 2.45) is 0 Å². The standard InChI is InChI=1S/C11H16N2O3/c1-6(2)12-10(15)8(4)13-9(14)5-7(3)11(13)16/h6,8H,3,5H2,1-2,4H3,(H,12,15). The predicted octanol–water partition coefficient (Wildman–Crippen LogP) is 0.215. The van der Waals surface area contributed by atoms with E-state index in [-0.39, 0.29) is 29.9 Å². The first-order valence-corrected chi connectivity index (χ1v) is 5.19. The van der Waals surface area contributed by atoms with Gasteiger partial charge in [-0.2, -0.15) is 0 Å². The van der Waals surface area contributed by atoms with Crippen LogP contribution in [0.1, 0.15) is 27.2 Å². The Bertz CT molecular complexity index is 360. The molecule has 0 aromatic heterocycles. The van der Waals surface area contributed by atoms with Crippen molar-refractivity contribution >= 4 is 17.7 Å². The van der Waals surface area contributed by atoms with Gasteiger partial charge in [0.15, 0.2) is 0 Å². The zero-order valence-corrected chi connectivity index (χ0v) is 9.74. The molecule has 1 saturated heterocycles. The van der Waals surface area contributed by atoms with E-state index in [1.807, 2.05) is 13.8 Å². The average molecular weight is 224 g/mol. The van der Waals surface area contributed by atoms with Crippen LogP contribution in [0.25, 0.3) is 0 Å². The van der Waals surface area contributed by atoms with Gasteiger partial charge in [0.1, 0.15) is 6.04 Å². The fraction of sp³-hybridized carbons (Fsp3) is 0.545. The summed E-state index contributed by atoms with van der Waals surface area (Å²) in [5.41, 5.74) is 0.245. The molecule has 1 atom stereocenters. The predicted molar refractivity (Wildman–Crippen MR) is 58.4 cm³/mol. The van der Waals surface area contributed by atoms with Gasteiger partial charge in [-0.15, -0.1) is 0 Å². The van der Waals surface area contributed by atoms with E-state index in [0.29, 0.717) is 0 Å². The van der Waals surface area contributed by atoms with Gasteiger partial charge in [0.2, 0.25) is 11.8 Å². The number of nitrogens with zero attached hydrogens (tertiary/aromatic N) is 1. The SMILES string of the molecule is C=C1CC(=O)N(C(C)C(=O)NC(C)C)C1=O. The highest BCUT2D eigenvalue weighted by Crippen LogP contribution is 2.19.